The van der Waals surface area contributed by atoms with E-state index in [4.69, 9.17) is 5.11 Å². The van der Waals surface area contributed by atoms with Gasteiger partial charge in [0.15, 0.2) is 5.60 Å². The van der Waals surface area contributed by atoms with Crippen molar-refractivity contribution in [2.45, 2.75) is 26.4 Å². The summed E-state index contributed by atoms with van der Waals surface area (Å²) in [5.74, 6) is -1.84. The molecule has 1 unspecified atom stereocenters. The second-order valence-corrected chi connectivity index (χ2v) is 3.45. The third-order valence-electron chi connectivity index (χ3n) is 1.59. The highest BCUT2D eigenvalue weighted by atomic mass is 16.4. The number of carbonyl (C=O) groups excluding carboxylic acids is 1. The van der Waals surface area contributed by atoms with Gasteiger partial charge in [0.1, 0.15) is 0 Å². The van der Waals surface area contributed by atoms with Crippen LogP contribution in [0.2, 0.25) is 0 Å². The van der Waals surface area contributed by atoms with Crippen LogP contribution in [0.5, 0.6) is 0 Å². The molecule has 0 aromatic heterocycles. The number of nitrogens with one attached hydrogen (secondary N) is 1. The maximum absolute atomic E-state index is 11.0. The van der Waals surface area contributed by atoms with Crippen LogP contribution in [0.4, 0.5) is 0 Å². The van der Waals surface area contributed by atoms with Gasteiger partial charge in [-0.15, -0.1) is 0 Å². The Morgan fingerprint density at radius 2 is 1.92 bits per heavy atom. The average molecular weight is 189 g/mol. The molecule has 76 valence electrons. The lowest BCUT2D eigenvalue weighted by molar-refractivity contribution is -0.156. The fourth-order valence-electron chi connectivity index (χ4n) is 0.539. The lowest BCUT2D eigenvalue weighted by atomic mass is 10.1. The van der Waals surface area contributed by atoms with E-state index in [0.29, 0.717) is 0 Å². The van der Waals surface area contributed by atoms with Gasteiger partial charge in [0.2, 0.25) is 5.91 Å². The van der Waals surface area contributed by atoms with E-state index in [9.17, 15) is 14.7 Å². The first-order valence-corrected chi connectivity index (χ1v) is 4.01. The van der Waals surface area contributed by atoms with Gasteiger partial charge in [0.25, 0.3) is 0 Å². The first kappa shape index (κ1) is 11.9. The standard InChI is InChI=1S/C8H15NO4/c1-5(2)6(10)9-4-8(3,13)7(11)12/h5,13H,4H2,1-3H3,(H,9,10)(H,11,12). The number of rotatable bonds is 4. The zero-order chi connectivity index (χ0) is 10.6. The molecule has 0 aliphatic heterocycles. The van der Waals surface area contributed by atoms with E-state index in [1.54, 1.807) is 13.8 Å². The number of hydrogen-bond acceptors (Lipinski definition) is 3. The van der Waals surface area contributed by atoms with Crippen LogP contribution in [-0.4, -0.2) is 34.2 Å². The summed E-state index contributed by atoms with van der Waals surface area (Å²) in [7, 11) is 0. The van der Waals surface area contributed by atoms with Gasteiger partial charge < -0.3 is 15.5 Å². The van der Waals surface area contributed by atoms with Crippen molar-refractivity contribution >= 4 is 11.9 Å². The Labute approximate surface area is 76.8 Å². The highest BCUT2D eigenvalue weighted by Crippen LogP contribution is 2.01. The number of amides is 1. The maximum atomic E-state index is 11.0. The smallest absolute Gasteiger partial charge is 0.337 e. The zero-order valence-corrected chi connectivity index (χ0v) is 8.00. The number of carboxylic acids is 1. The maximum Gasteiger partial charge on any atom is 0.337 e. The van der Waals surface area contributed by atoms with Crippen LogP contribution in [0.15, 0.2) is 0 Å². The predicted molar refractivity (Wildman–Crippen MR) is 46.1 cm³/mol. The molecule has 0 aliphatic rings. The van der Waals surface area contributed by atoms with Crippen molar-refractivity contribution in [1.82, 2.24) is 5.32 Å². The minimum absolute atomic E-state index is 0.218. The molecule has 0 radical (unpaired) electrons. The highest BCUT2D eigenvalue weighted by molar-refractivity contribution is 5.81. The fourth-order valence-corrected chi connectivity index (χ4v) is 0.539. The van der Waals surface area contributed by atoms with E-state index in [1.165, 1.54) is 0 Å². The summed E-state index contributed by atoms with van der Waals surface area (Å²) in [5, 5.41) is 20.0. The molecule has 5 nitrogen and oxygen atoms in total. The van der Waals surface area contributed by atoms with Gasteiger partial charge in [-0.2, -0.15) is 0 Å². The number of hydrogen-bond donors (Lipinski definition) is 3. The van der Waals surface area contributed by atoms with Crippen molar-refractivity contribution in [1.29, 1.82) is 0 Å². The molecule has 13 heavy (non-hydrogen) atoms. The van der Waals surface area contributed by atoms with Gasteiger partial charge in [0, 0.05) is 5.92 Å². The van der Waals surface area contributed by atoms with Crippen molar-refractivity contribution in [3.63, 3.8) is 0 Å². The number of aliphatic carboxylic acids is 1. The Hall–Kier alpha value is -1.10. The van der Waals surface area contributed by atoms with E-state index in [2.05, 4.69) is 5.32 Å². The molecule has 0 aromatic carbocycles. The second kappa shape index (κ2) is 4.23. The SMILES string of the molecule is CC(C)C(=O)NCC(C)(O)C(=O)O. The van der Waals surface area contributed by atoms with Crippen LogP contribution in [0.3, 0.4) is 0 Å². The average Bonchev–Trinajstić information content (AvgIpc) is 1.99. The fraction of sp³-hybridized carbons (Fsp3) is 0.750. The van der Waals surface area contributed by atoms with Crippen molar-refractivity contribution in [3.8, 4) is 0 Å². The Bertz CT molecular complexity index is 210. The van der Waals surface area contributed by atoms with Gasteiger partial charge in [-0.3, -0.25) is 4.79 Å². The quantitative estimate of drug-likeness (QED) is 0.561. The highest BCUT2D eigenvalue weighted by Gasteiger charge is 2.30. The molecule has 1 amide bonds. The molecule has 1 atom stereocenters. The summed E-state index contributed by atoms with van der Waals surface area (Å²) in [4.78, 5) is 21.4. The van der Waals surface area contributed by atoms with E-state index in [1.807, 2.05) is 0 Å². The summed E-state index contributed by atoms with van der Waals surface area (Å²) in [5.41, 5.74) is -1.90. The lowest BCUT2D eigenvalue weighted by Crippen LogP contribution is -2.47. The molecule has 0 spiro atoms. The Balaban J connectivity index is 4.03. The van der Waals surface area contributed by atoms with E-state index in [0.717, 1.165) is 6.92 Å². The molecule has 0 saturated carbocycles. The molecule has 0 aromatic rings. The molecule has 0 rings (SSSR count). The van der Waals surface area contributed by atoms with Crippen molar-refractivity contribution in [3.05, 3.63) is 0 Å². The molecule has 0 aliphatic carbocycles. The van der Waals surface area contributed by atoms with E-state index >= 15 is 0 Å². The first-order chi connectivity index (χ1) is 5.77. The number of aliphatic hydroxyl groups is 1. The molecule has 5 heteroatoms. The molecule has 3 N–H and O–H groups in total. The van der Waals surface area contributed by atoms with Gasteiger partial charge in [-0.1, -0.05) is 13.8 Å². The summed E-state index contributed by atoms with van der Waals surface area (Å²) < 4.78 is 0. The van der Waals surface area contributed by atoms with Crippen LogP contribution in [-0.2, 0) is 9.59 Å². The molecule has 0 fully saturated rings. The van der Waals surface area contributed by atoms with Crippen LogP contribution in [0, 0.1) is 5.92 Å². The topological polar surface area (TPSA) is 86.6 Å². The van der Waals surface area contributed by atoms with E-state index < -0.39 is 11.6 Å². The van der Waals surface area contributed by atoms with Crippen molar-refractivity contribution < 1.29 is 19.8 Å². The van der Waals surface area contributed by atoms with Crippen molar-refractivity contribution in [2.24, 2.45) is 5.92 Å². The Kier molecular flexibility index (Phi) is 3.87. The monoisotopic (exact) mass is 189 g/mol. The van der Waals surface area contributed by atoms with Gasteiger partial charge in [0.05, 0.1) is 6.54 Å². The third kappa shape index (κ3) is 3.89. The molecule has 0 heterocycles. The molecule has 0 bridgehead atoms. The normalized spacial score (nSPS) is 15.2. The van der Waals surface area contributed by atoms with Crippen LogP contribution in [0.25, 0.3) is 0 Å². The van der Waals surface area contributed by atoms with Crippen LogP contribution in [0.1, 0.15) is 20.8 Å². The summed E-state index contributed by atoms with van der Waals surface area (Å²) >= 11 is 0. The Morgan fingerprint density at radius 1 is 1.46 bits per heavy atom. The minimum Gasteiger partial charge on any atom is -0.479 e. The summed E-state index contributed by atoms with van der Waals surface area (Å²) in [6.45, 7) is 4.23. The van der Waals surface area contributed by atoms with Gasteiger partial charge in [-0.05, 0) is 6.92 Å². The largest absolute Gasteiger partial charge is 0.479 e. The Morgan fingerprint density at radius 3 is 2.23 bits per heavy atom. The van der Waals surface area contributed by atoms with Crippen molar-refractivity contribution in [2.75, 3.05) is 6.54 Å². The number of carboxylic acid groups (broad SMARTS) is 1. The van der Waals surface area contributed by atoms with Crippen LogP contribution >= 0.6 is 0 Å². The van der Waals surface area contributed by atoms with Gasteiger partial charge >= 0.3 is 5.97 Å². The zero-order valence-electron chi connectivity index (χ0n) is 8.00. The molecular formula is C8H15NO4. The third-order valence-corrected chi connectivity index (χ3v) is 1.59. The van der Waals surface area contributed by atoms with Gasteiger partial charge in [-0.25, -0.2) is 4.79 Å². The summed E-state index contributed by atoms with van der Waals surface area (Å²) in [6, 6.07) is 0. The lowest BCUT2D eigenvalue weighted by Gasteiger charge is -2.18. The number of carbonyl (C=O) groups is 2. The predicted octanol–water partition coefficient (Wildman–Crippen LogP) is -0.406. The molecular weight excluding hydrogens is 174 g/mol. The van der Waals surface area contributed by atoms with Crippen LogP contribution < -0.4 is 5.32 Å². The van der Waals surface area contributed by atoms with E-state index in [-0.39, 0.29) is 18.4 Å². The minimum atomic E-state index is -1.90. The molecule has 0 saturated heterocycles. The first-order valence-electron chi connectivity index (χ1n) is 4.01. The summed E-state index contributed by atoms with van der Waals surface area (Å²) in [6.07, 6.45) is 0. The second-order valence-electron chi connectivity index (χ2n) is 3.45.